The molecule has 2 aliphatic rings. The normalized spacial score (nSPS) is 15.7. The van der Waals surface area contributed by atoms with Crippen LogP contribution in [0.15, 0.2) is 36.4 Å². The lowest BCUT2D eigenvalue weighted by Gasteiger charge is -2.08. The standard InChI is InChI=1S/C19H18N2O2.ClH/c1-2-13(12-4-5-17-18(10-12)23-11-22-17)19-14-6-8-20-9-7-15(14)21-16(19)3-1;/h1-5,10,20-21H,6-9,11H2;1H. The summed E-state index contributed by atoms with van der Waals surface area (Å²) in [6, 6.07) is 12.7. The SMILES string of the molecule is Cl.c1cc(-c2ccc3c(c2)OCO3)c2c3c([nH]c2c1)CCNCC3. The minimum absolute atomic E-state index is 0. The summed E-state index contributed by atoms with van der Waals surface area (Å²) >= 11 is 0. The molecule has 0 radical (unpaired) electrons. The molecular formula is C19H19ClN2O2. The van der Waals surface area contributed by atoms with E-state index in [0.717, 1.165) is 37.4 Å². The first-order chi connectivity index (χ1) is 11.4. The Hall–Kier alpha value is -2.17. The number of benzene rings is 2. The van der Waals surface area contributed by atoms with Gasteiger partial charge in [0.2, 0.25) is 6.79 Å². The Morgan fingerprint density at radius 1 is 0.917 bits per heavy atom. The summed E-state index contributed by atoms with van der Waals surface area (Å²) in [4.78, 5) is 3.62. The number of nitrogens with one attached hydrogen (secondary N) is 2. The van der Waals surface area contributed by atoms with E-state index < -0.39 is 0 Å². The zero-order valence-corrected chi connectivity index (χ0v) is 14.0. The predicted octanol–water partition coefficient (Wildman–Crippen LogP) is 3.67. The van der Waals surface area contributed by atoms with Gasteiger partial charge in [0.1, 0.15) is 0 Å². The maximum Gasteiger partial charge on any atom is 0.231 e. The number of fused-ring (bicyclic) bond motifs is 4. The average Bonchev–Trinajstić information content (AvgIpc) is 3.12. The molecule has 0 spiro atoms. The van der Waals surface area contributed by atoms with Crippen LogP contribution >= 0.6 is 12.4 Å². The molecule has 5 rings (SSSR count). The molecule has 0 saturated heterocycles. The molecule has 5 heteroatoms. The quantitative estimate of drug-likeness (QED) is 0.709. The Morgan fingerprint density at radius 2 is 1.79 bits per heavy atom. The minimum Gasteiger partial charge on any atom is -0.454 e. The fourth-order valence-corrected chi connectivity index (χ4v) is 3.72. The van der Waals surface area contributed by atoms with Crippen LogP contribution < -0.4 is 14.8 Å². The van der Waals surface area contributed by atoms with E-state index in [1.807, 2.05) is 6.07 Å². The van der Waals surface area contributed by atoms with Crippen LogP contribution in [0.1, 0.15) is 11.3 Å². The maximum atomic E-state index is 5.55. The number of aromatic nitrogens is 1. The van der Waals surface area contributed by atoms with E-state index in [2.05, 4.69) is 40.6 Å². The highest BCUT2D eigenvalue weighted by Gasteiger charge is 2.19. The monoisotopic (exact) mass is 342 g/mol. The number of H-pyrrole nitrogens is 1. The molecule has 124 valence electrons. The number of rotatable bonds is 1. The summed E-state index contributed by atoms with van der Waals surface area (Å²) in [5, 5.41) is 4.83. The van der Waals surface area contributed by atoms with Crippen molar-refractivity contribution in [2.45, 2.75) is 12.8 Å². The summed E-state index contributed by atoms with van der Waals surface area (Å²) < 4.78 is 11.0. The van der Waals surface area contributed by atoms with Crippen molar-refractivity contribution in [1.82, 2.24) is 10.3 Å². The molecule has 3 heterocycles. The summed E-state index contributed by atoms with van der Waals surface area (Å²) in [5.41, 5.74) is 6.50. The lowest BCUT2D eigenvalue weighted by molar-refractivity contribution is 0.174. The van der Waals surface area contributed by atoms with Crippen molar-refractivity contribution in [2.24, 2.45) is 0 Å². The van der Waals surface area contributed by atoms with Gasteiger partial charge in [0, 0.05) is 29.6 Å². The van der Waals surface area contributed by atoms with E-state index in [1.54, 1.807) is 0 Å². The third-order valence-electron chi connectivity index (χ3n) is 4.80. The summed E-state index contributed by atoms with van der Waals surface area (Å²) in [6.07, 6.45) is 2.13. The molecule has 1 aromatic heterocycles. The van der Waals surface area contributed by atoms with Gasteiger partial charge in [0.05, 0.1) is 0 Å². The second-order valence-corrected chi connectivity index (χ2v) is 6.13. The van der Waals surface area contributed by atoms with Crippen LogP contribution in [0.2, 0.25) is 0 Å². The Balaban J connectivity index is 0.00000146. The van der Waals surface area contributed by atoms with Crippen LogP contribution in [0, 0.1) is 0 Å². The lowest BCUT2D eigenvalue weighted by Crippen LogP contribution is -2.16. The molecule has 0 saturated carbocycles. The van der Waals surface area contributed by atoms with Crippen molar-refractivity contribution in [2.75, 3.05) is 19.9 Å². The highest BCUT2D eigenvalue weighted by molar-refractivity contribution is 5.99. The van der Waals surface area contributed by atoms with Crippen LogP contribution in [0.3, 0.4) is 0 Å². The van der Waals surface area contributed by atoms with E-state index in [9.17, 15) is 0 Å². The van der Waals surface area contributed by atoms with Crippen LogP contribution in [0.4, 0.5) is 0 Å². The highest BCUT2D eigenvalue weighted by atomic mass is 35.5. The first-order valence-electron chi connectivity index (χ1n) is 8.13. The number of hydrogen-bond acceptors (Lipinski definition) is 3. The van der Waals surface area contributed by atoms with Crippen molar-refractivity contribution in [1.29, 1.82) is 0 Å². The fourth-order valence-electron chi connectivity index (χ4n) is 3.72. The number of aromatic amines is 1. The molecule has 2 N–H and O–H groups in total. The first kappa shape index (κ1) is 15.4. The Bertz CT molecular complexity index is 904. The average molecular weight is 343 g/mol. The Labute approximate surface area is 146 Å². The summed E-state index contributed by atoms with van der Waals surface area (Å²) in [7, 11) is 0. The smallest absolute Gasteiger partial charge is 0.231 e. The molecule has 0 unspecified atom stereocenters. The van der Waals surface area contributed by atoms with Gasteiger partial charge in [0.15, 0.2) is 11.5 Å². The lowest BCUT2D eigenvalue weighted by atomic mass is 9.96. The number of hydrogen-bond donors (Lipinski definition) is 2. The molecule has 0 atom stereocenters. The van der Waals surface area contributed by atoms with E-state index in [1.165, 1.54) is 33.3 Å². The van der Waals surface area contributed by atoms with Crippen molar-refractivity contribution in [3.05, 3.63) is 47.7 Å². The topological polar surface area (TPSA) is 46.3 Å². The van der Waals surface area contributed by atoms with Crippen LogP contribution in [0.5, 0.6) is 11.5 Å². The molecular weight excluding hydrogens is 324 g/mol. The molecule has 24 heavy (non-hydrogen) atoms. The zero-order chi connectivity index (χ0) is 15.2. The van der Waals surface area contributed by atoms with E-state index in [-0.39, 0.29) is 12.4 Å². The molecule has 0 fully saturated rings. The van der Waals surface area contributed by atoms with E-state index in [4.69, 9.17) is 9.47 Å². The van der Waals surface area contributed by atoms with Gasteiger partial charge in [-0.15, -0.1) is 12.4 Å². The van der Waals surface area contributed by atoms with E-state index >= 15 is 0 Å². The van der Waals surface area contributed by atoms with E-state index in [0.29, 0.717) is 6.79 Å². The predicted molar refractivity (Wildman–Crippen MR) is 97.4 cm³/mol. The second-order valence-electron chi connectivity index (χ2n) is 6.13. The van der Waals surface area contributed by atoms with Crippen LogP contribution in [0.25, 0.3) is 22.0 Å². The Kier molecular flexibility index (Phi) is 3.87. The minimum atomic E-state index is 0. The molecule has 3 aromatic rings. The number of halogens is 1. The second kappa shape index (κ2) is 6.04. The largest absolute Gasteiger partial charge is 0.454 e. The Morgan fingerprint density at radius 3 is 2.75 bits per heavy atom. The molecule has 0 amide bonds. The van der Waals surface area contributed by atoms with Gasteiger partial charge in [-0.3, -0.25) is 0 Å². The van der Waals surface area contributed by atoms with Gasteiger partial charge in [-0.2, -0.15) is 0 Å². The first-order valence-corrected chi connectivity index (χ1v) is 8.13. The third-order valence-corrected chi connectivity index (χ3v) is 4.80. The van der Waals surface area contributed by atoms with Crippen molar-refractivity contribution >= 4 is 23.3 Å². The number of ether oxygens (including phenoxy) is 2. The van der Waals surface area contributed by atoms with Gasteiger partial charge < -0.3 is 19.8 Å². The van der Waals surface area contributed by atoms with Crippen LogP contribution in [-0.4, -0.2) is 24.9 Å². The molecule has 2 aliphatic heterocycles. The van der Waals surface area contributed by atoms with Gasteiger partial charge in [0.25, 0.3) is 0 Å². The van der Waals surface area contributed by atoms with Gasteiger partial charge in [-0.25, -0.2) is 0 Å². The molecule has 0 aliphatic carbocycles. The third kappa shape index (κ3) is 2.34. The zero-order valence-electron chi connectivity index (χ0n) is 13.2. The van der Waals surface area contributed by atoms with Crippen molar-refractivity contribution in [3.8, 4) is 22.6 Å². The summed E-state index contributed by atoms with van der Waals surface area (Å²) in [5.74, 6) is 1.67. The van der Waals surface area contributed by atoms with Gasteiger partial charge in [-0.05, 0) is 47.9 Å². The van der Waals surface area contributed by atoms with Crippen molar-refractivity contribution in [3.63, 3.8) is 0 Å². The molecule has 2 aromatic carbocycles. The summed E-state index contributed by atoms with van der Waals surface area (Å²) in [6.45, 7) is 2.39. The maximum absolute atomic E-state index is 5.55. The van der Waals surface area contributed by atoms with Gasteiger partial charge >= 0.3 is 0 Å². The van der Waals surface area contributed by atoms with Crippen molar-refractivity contribution < 1.29 is 9.47 Å². The molecule has 0 bridgehead atoms. The fraction of sp³-hybridized carbons (Fsp3) is 0.263. The van der Waals surface area contributed by atoms with Gasteiger partial charge in [-0.1, -0.05) is 18.2 Å². The van der Waals surface area contributed by atoms with Crippen LogP contribution in [-0.2, 0) is 12.8 Å². The molecule has 4 nitrogen and oxygen atoms in total. The highest BCUT2D eigenvalue weighted by Crippen LogP contribution is 2.39.